The first-order valence-corrected chi connectivity index (χ1v) is 5.79. The van der Waals surface area contributed by atoms with Crippen LogP contribution in [-0.2, 0) is 0 Å². The Bertz CT molecular complexity index is 413. The van der Waals surface area contributed by atoms with E-state index in [0.29, 0.717) is 18.8 Å². The van der Waals surface area contributed by atoms with Crippen molar-refractivity contribution in [1.29, 1.82) is 0 Å². The van der Waals surface area contributed by atoms with Crippen molar-refractivity contribution in [2.45, 2.75) is 27.7 Å². The molecule has 5 heteroatoms. The molecule has 0 radical (unpaired) electrons. The highest BCUT2D eigenvalue weighted by Crippen LogP contribution is 2.19. The number of halogens is 1. The van der Waals surface area contributed by atoms with E-state index >= 15 is 0 Å². The van der Waals surface area contributed by atoms with Gasteiger partial charge in [0.2, 0.25) is 0 Å². The van der Waals surface area contributed by atoms with E-state index in [-0.39, 0.29) is 23.7 Å². The van der Waals surface area contributed by atoms with Gasteiger partial charge in [-0.05, 0) is 31.9 Å². The van der Waals surface area contributed by atoms with Crippen molar-refractivity contribution in [2.75, 3.05) is 20.1 Å². The lowest BCUT2D eigenvalue weighted by Gasteiger charge is -2.28. The molecular weight excluding hydrogens is 252 g/mol. The fraction of sp³-hybridized carbons (Fsp3) is 0.615. The molecule has 0 spiro atoms. The summed E-state index contributed by atoms with van der Waals surface area (Å²) in [6.07, 6.45) is 0. The van der Waals surface area contributed by atoms with Crippen LogP contribution in [0.25, 0.3) is 0 Å². The SMILES string of the molecule is Cc1cc(C)c(C(=O)N(C)CC(C)(C)CN)o1.Cl. The van der Waals surface area contributed by atoms with Crippen molar-refractivity contribution in [3.8, 4) is 0 Å². The van der Waals surface area contributed by atoms with Gasteiger partial charge >= 0.3 is 0 Å². The van der Waals surface area contributed by atoms with Crippen LogP contribution >= 0.6 is 12.4 Å². The Morgan fingerprint density at radius 1 is 1.44 bits per heavy atom. The highest BCUT2D eigenvalue weighted by Gasteiger charge is 2.24. The molecule has 0 aliphatic heterocycles. The predicted molar refractivity (Wildman–Crippen MR) is 75.2 cm³/mol. The molecule has 0 aliphatic carbocycles. The minimum Gasteiger partial charge on any atom is -0.456 e. The second-order valence-corrected chi connectivity index (χ2v) is 5.40. The third-order valence-electron chi connectivity index (χ3n) is 2.80. The molecular formula is C13H23ClN2O2. The Kier molecular flexibility index (Phi) is 5.90. The van der Waals surface area contributed by atoms with Gasteiger partial charge in [-0.15, -0.1) is 12.4 Å². The largest absolute Gasteiger partial charge is 0.456 e. The normalized spacial score (nSPS) is 11.0. The lowest BCUT2D eigenvalue weighted by molar-refractivity contribution is 0.0706. The third kappa shape index (κ3) is 4.03. The zero-order chi connectivity index (χ0) is 13.2. The molecule has 2 N–H and O–H groups in total. The van der Waals surface area contributed by atoms with Crippen LogP contribution in [0.4, 0.5) is 0 Å². The number of nitrogens with zero attached hydrogens (tertiary/aromatic N) is 1. The van der Waals surface area contributed by atoms with E-state index in [1.54, 1.807) is 11.9 Å². The fourth-order valence-corrected chi connectivity index (χ4v) is 1.81. The molecule has 4 nitrogen and oxygen atoms in total. The molecule has 1 amide bonds. The first-order valence-electron chi connectivity index (χ1n) is 5.79. The second kappa shape index (κ2) is 6.25. The van der Waals surface area contributed by atoms with Crippen LogP contribution in [0, 0.1) is 19.3 Å². The number of furan rings is 1. The van der Waals surface area contributed by atoms with E-state index in [1.807, 2.05) is 33.8 Å². The lowest BCUT2D eigenvalue weighted by atomic mass is 9.93. The van der Waals surface area contributed by atoms with Crippen LogP contribution in [0.3, 0.4) is 0 Å². The van der Waals surface area contributed by atoms with Crippen LogP contribution in [-0.4, -0.2) is 30.9 Å². The van der Waals surface area contributed by atoms with Gasteiger partial charge in [0.25, 0.3) is 5.91 Å². The maximum atomic E-state index is 12.2. The van der Waals surface area contributed by atoms with Crippen LogP contribution in [0.1, 0.15) is 35.7 Å². The lowest BCUT2D eigenvalue weighted by Crippen LogP contribution is -2.39. The highest BCUT2D eigenvalue weighted by atomic mass is 35.5. The molecule has 0 fully saturated rings. The molecule has 0 saturated heterocycles. The minimum absolute atomic E-state index is 0. The van der Waals surface area contributed by atoms with Gasteiger partial charge in [-0.1, -0.05) is 13.8 Å². The fourth-order valence-electron chi connectivity index (χ4n) is 1.81. The molecule has 0 atom stereocenters. The number of nitrogens with two attached hydrogens (primary N) is 1. The molecule has 1 heterocycles. The van der Waals surface area contributed by atoms with Crippen molar-refractivity contribution in [1.82, 2.24) is 4.90 Å². The molecule has 0 aromatic carbocycles. The maximum Gasteiger partial charge on any atom is 0.289 e. The maximum absolute atomic E-state index is 12.2. The number of carbonyl (C=O) groups excluding carboxylic acids is 1. The van der Waals surface area contributed by atoms with E-state index in [0.717, 1.165) is 11.3 Å². The number of hydrogen-bond donors (Lipinski definition) is 1. The minimum atomic E-state index is -0.0860. The summed E-state index contributed by atoms with van der Waals surface area (Å²) >= 11 is 0. The summed E-state index contributed by atoms with van der Waals surface area (Å²) in [5.74, 6) is 1.10. The Labute approximate surface area is 115 Å². The van der Waals surface area contributed by atoms with E-state index in [1.165, 1.54) is 0 Å². The smallest absolute Gasteiger partial charge is 0.289 e. The molecule has 1 aromatic rings. The number of rotatable bonds is 4. The number of aryl methyl sites for hydroxylation is 2. The van der Waals surface area contributed by atoms with Gasteiger partial charge in [-0.3, -0.25) is 4.79 Å². The van der Waals surface area contributed by atoms with E-state index in [4.69, 9.17) is 10.2 Å². The monoisotopic (exact) mass is 274 g/mol. The van der Waals surface area contributed by atoms with Crippen LogP contribution in [0.2, 0.25) is 0 Å². The van der Waals surface area contributed by atoms with Crippen molar-refractivity contribution < 1.29 is 9.21 Å². The molecule has 0 saturated carbocycles. The van der Waals surface area contributed by atoms with E-state index < -0.39 is 0 Å². The molecule has 0 bridgehead atoms. The van der Waals surface area contributed by atoms with Gasteiger partial charge < -0.3 is 15.1 Å². The van der Waals surface area contributed by atoms with Crippen molar-refractivity contribution in [3.63, 3.8) is 0 Å². The number of hydrogen-bond acceptors (Lipinski definition) is 3. The summed E-state index contributed by atoms with van der Waals surface area (Å²) in [5, 5.41) is 0. The molecule has 1 aromatic heterocycles. The summed E-state index contributed by atoms with van der Waals surface area (Å²) in [5.41, 5.74) is 6.46. The number of amides is 1. The first kappa shape index (κ1) is 17.0. The standard InChI is InChI=1S/C13H22N2O2.ClH/c1-9-6-10(2)17-11(9)12(16)15(5)8-13(3,4)7-14;/h6H,7-8,14H2,1-5H3;1H. The van der Waals surface area contributed by atoms with Gasteiger partial charge in [-0.2, -0.15) is 0 Å². The summed E-state index contributed by atoms with van der Waals surface area (Å²) in [4.78, 5) is 13.8. The van der Waals surface area contributed by atoms with Crippen molar-refractivity contribution in [3.05, 3.63) is 23.2 Å². The van der Waals surface area contributed by atoms with Crippen LogP contribution < -0.4 is 5.73 Å². The van der Waals surface area contributed by atoms with Gasteiger partial charge in [0.15, 0.2) is 5.76 Å². The van der Waals surface area contributed by atoms with Gasteiger partial charge in [0, 0.05) is 19.2 Å². The summed E-state index contributed by atoms with van der Waals surface area (Å²) < 4.78 is 5.42. The van der Waals surface area contributed by atoms with Gasteiger partial charge in [0.05, 0.1) is 0 Å². The van der Waals surface area contributed by atoms with Crippen LogP contribution in [0.5, 0.6) is 0 Å². The van der Waals surface area contributed by atoms with Gasteiger partial charge in [0.1, 0.15) is 5.76 Å². The molecule has 0 unspecified atom stereocenters. The van der Waals surface area contributed by atoms with E-state index in [2.05, 4.69) is 0 Å². The molecule has 18 heavy (non-hydrogen) atoms. The first-order chi connectivity index (χ1) is 7.76. The molecule has 104 valence electrons. The predicted octanol–water partition coefficient (Wildman–Crippen LogP) is 2.38. The third-order valence-corrected chi connectivity index (χ3v) is 2.80. The zero-order valence-corrected chi connectivity index (χ0v) is 12.6. The summed E-state index contributed by atoms with van der Waals surface area (Å²) in [6, 6.07) is 1.87. The quantitative estimate of drug-likeness (QED) is 0.917. The van der Waals surface area contributed by atoms with Crippen molar-refractivity contribution in [2.24, 2.45) is 11.1 Å². The Morgan fingerprint density at radius 2 is 2.00 bits per heavy atom. The molecule has 1 rings (SSSR count). The second-order valence-electron chi connectivity index (χ2n) is 5.40. The average Bonchev–Trinajstić information content (AvgIpc) is 2.56. The topological polar surface area (TPSA) is 59.5 Å². The summed E-state index contributed by atoms with van der Waals surface area (Å²) in [6.45, 7) is 8.95. The average molecular weight is 275 g/mol. The Morgan fingerprint density at radius 3 is 2.39 bits per heavy atom. The van der Waals surface area contributed by atoms with E-state index in [9.17, 15) is 4.79 Å². The van der Waals surface area contributed by atoms with Gasteiger partial charge in [-0.25, -0.2) is 0 Å². The molecule has 0 aliphatic rings. The number of carbonyl (C=O) groups is 1. The van der Waals surface area contributed by atoms with Crippen LogP contribution in [0.15, 0.2) is 10.5 Å². The van der Waals surface area contributed by atoms with Crippen molar-refractivity contribution >= 4 is 18.3 Å². The Balaban J connectivity index is 0.00000289. The highest BCUT2D eigenvalue weighted by molar-refractivity contribution is 5.92. The zero-order valence-electron chi connectivity index (χ0n) is 11.7. The summed E-state index contributed by atoms with van der Waals surface area (Å²) in [7, 11) is 1.77. The Hall–Kier alpha value is -1.00.